The van der Waals surface area contributed by atoms with E-state index in [4.69, 9.17) is 4.52 Å². The van der Waals surface area contributed by atoms with Crippen LogP contribution in [0.15, 0.2) is 10.6 Å². The number of aryl methyl sites for hydroxylation is 1. The van der Waals surface area contributed by atoms with Gasteiger partial charge in [-0.05, 0) is 6.92 Å². The molecule has 0 radical (unpaired) electrons. The lowest BCUT2D eigenvalue weighted by Gasteiger charge is -2.34. The lowest BCUT2D eigenvalue weighted by atomic mass is 10.1. The zero-order valence-corrected chi connectivity index (χ0v) is 12.3. The van der Waals surface area contributed by atoms with E-state index in [0.717, 1.165) is 13.1 Å². The van der Waals surface area contributed by atoms with E-state index in [1.807, 2.05) is 4.90 Å². The highest BCUT2D eigenvalue weighted by Crippen LogP contribution is 2.09. The largest absolute Gasteiger partial charge is 0.360 e. The molecule has 1 aromatic rings. The molecular formula is C13H21N5O3. The smallest absolute Gasteiger partial charge is 0.238 e. The number of hydrogen-bond donors (Lipinski definition) is 3. The van der Waals surface area contributed by atoms with E-state index in [-0.39, 0.29) is 17.9 Å². The van der Waals surface area contributed by atoms with Crippen LogP contribution in [-0.2, 0) is 9.59 Å². The van der Waals surface area contributed by atoms with Crippen LogP contribution < -0.4 is 16.0 Å². The minimum absolute atomic E-state index is 0.0327. The van der Waals surface area contributed by atoms with Crippen LogP contribution in [0, 0.1) is 6.92 Å². The van der Waals surface area contributed by atoms with Crippen LogP contribution in [0.4, 0.5) is 5.82 Å². The fourth-order valence-electron chi connectivity index (χ4n) is 2.31. The maximum absolute atomic E-state index is 11.9. The van der Waals surface area contributed by atoms with Gasteiger partial charge in [0.15, 0.2) is 5.82 Å². The highest BCUT2D eigenvalue weighted by Gasteiger charge is 2.27. The Morgan fingerprint density at radius 1 is 1.57 bits per heavy atom. The molecule has 0 bridgehead atoms. The minimum Gasteiger partial charge on any atom is -0.360 e. The third-order valence-corrected chi connectivity index (χ3v) is 3.42. The van der Waals surface area contributed by atoms with E-state index >= 15 is 0 Å². The topological polar surface area (TPSA) is 99.5 Å². The van der Waals surface area contributed by atoms with Gasteiger partial charge in [-0.15, -0.1) is 0 Å². The first-order valence-corrected chi connectivity index (χ1v) is 6.99. The molecule has 21 heavy (non-hydrogen) atoms. The van der Waals surface area contributed by atoms with Crippen LogP contribution in [0.3, 0.4) is 0 Å². The van der Waals surface area contributed by atoms with Crippen LogP contribution in [-0.4, -0.2) is 61.1 Å². The Bertz CT molecular complexity index is 502. The standard InChI is InChI=1S/C13H21N5O3/c1-9-7-11(17-21-9)16-12(19)3-5-18-6-4-15-8-10(18)13(20)14-2/h7,10,15H,3-6,8H2,1-2H3,(H,14,20)(H,16,17,19). The number of hydrogen-bond acceptors (Lipinski definition) is 6. The fourth-order valence-corrected chi connectivity index (χ4v) is 2.31. The van der Waals surface area contributed by atoms with E-state index in [9.17, 15) is 9.59 Å². The van der Waals surface area contributed by atoms with Crippen LogP contribution in [0.25, 0.3) is 0 Å². The molecule has 0 spiro atoms. The Hall–Kier alpha value is -1.93. The molecule has 8 nitrogen and oxygen atoms in total. The Morgan fingerprint density at radius 3 is 3.05 bits per heavy atom. The number of amides is 2. The maximum Gasteiger partial charge on any atom is 0.238 e. The molecule has 0 saturated carbocycles. The molecule has 3 N–H and O–H groups in total. The summed E-state index contributed by atoms with van der Waals surface area (Å²) in [7, 11) is 1.62. The van der Waals surface area contributed by atoms with Gasteiger partial charge < -0.3 is 20.5 Å². The molecular weight excluding hydrogens is 274 g/mol. The van der Waals surface area contributed by atoms with E-state index in [1.165, 1.54) is 0 Å². The van der Waals surface area contributed by atoms with Crippen LogP contribution in [0.2, 0.25) is 0 Å². The highest BCUT2D eigenvalue weighted by atomic mass is 16.5. The quantitative estimate of drug-likeness (QED) is 0.666. The average molecular weight is 295 g/mol. The normalized spacial score (nSPS) is 19.2. The van der Waals surface area contributed by atoms with Crippen molar-refractivity contribution in [3.8, 4) is 0 Å². The molecule has 1 fully saturated rings. The fraction of sp³-hybridized carbons (Fsp3) is 0.615. The average Bonchev–Trinajstić information content (AvgIpc) is 2.89. The van der Waals surface area contributed by atoms with Gasteiger partial charge in [0.2, 0.25) is 11.8 Å². The van der Waals surface area contributed by atoms with Crippen molar-refractivity contribution in [1.29, 1.82) is 0 Å². The Balaban J connectivity index is 1.82. The summed E-state index contributed by atoms with van der Waals surface area (Å²) in [5.41, 5.74) is 0. The Labute approximate surface area is 123 Å². The summed E-state index contributed by atoms with van der Waals surface area (Å²) in [6.45, 7) is 4.45. The molecule has 2 amide bonds. The van der Waals surface area contributed by atoms with Crippen molar-refractivity contribution >= 4 is 17.6 Å². The minimum atomic E-state index is -0.231. The summed E-state index contributed by atoms with van der Waals surface area (Å²) in [6.07, 6.45) is 0.305. The number of carbonyl (C=O) groups is 2. The zero-order valence-electron chi connectivity index (χ0n) is 12.3. The number of carbonyl (C=O) groups excluding carboxylic acids is 2. The number of nitrogens with one attached hydrogen (secondary N) is 3. The van der Waals surface area contributed by atoms with Crippen molar-refractivity contribution < 1.29 is 14.1 Å². The summed E-state index contributed by atoms with van der Waals surface area (Å²) in [4.78, 5) is 25.7. The van der Waals surface area contributed by atoms with Crippen molar-refractivity contribution in [1.82, 2.24) is 20.7 Å². The molecule has 1 atom stereocenters. The van der Waals surface area contributed by atoms with Crippen LogP contribution in [0.5, 0.6) is 0 Å². The van der Waals surface area contributed by atoms with Crippen LogP contribution in [0.1, 0.15) is 12.2 Å². The van der Waals surface area contributed by atoms with Crippen molar-refractivity contribution in [2.45, 2.75) is 19.4 Å². The van der Waals surface area contributed by atoms with Gasteiger partial charge in [0.25, 0.3) is 0 Å². The molecule has 1 unspecified atom stereocenters. The van der Waals surface area contributed by atoms with E-state index in [2.05, 4.69) is 21.1 Å². The molecule has 1 aliphatic rings. The first-order chi connectivity index (χ1) is 10.1. The molecule has 2 heterocycles. The number of piperazine rings is 1. The molecule has 116 valence electrons. The van der Waals surface area contributed by atoms with Gasteiger partial charge >= 0.3 is 0 Å². The molecule has 1 aliphatic heterocycles. The second-order valence-electron chi connectivity index (χ2n) is 4.99. The van der Waals surface area contributed by atoms with Crippen molar-refractivity contribution in [3.05, 3.63) is 11.8 Å². The van der Waals surface area contributed by atoms with E-state index < -0.39 is 0 Å². The molecule has 1 aromatic heterocycles. The number of anilines is 1. The number of rotatable bonds is 5. The van der Waals surface area contributed by atoms with Crippen molar-refractivity contribution in [3.63, 3.8) is 0 Å². The first kappa shape index (κ1) is 15.5. The molecule has 8 heteroatoms. The summed E-state index contributed by atoms with van der Waals surface area (Å²) < 4.78 is 4.89. The number of aromatic nitrogens is 1. The zero-order chi connectivity index (χ0) is 15.2. The second kappa shape index (κ2) is 7.19. The predicted octanol–water partition coefficient (Wildman–Crippen LogP) is -0.669. The SMILES string of the molecule is CNC(=O)C1CNCCN1CCC(=O)Nc1cc(C)on1. The van der Waals surface area contributed by atoms with E-state index in [1.54, 1.807) is 20.0 Å². The highest BCUT2D eigenvalue weighted by molar-refractivity contribution is 5.89. The maximum atomic E-state index is 11.9. The van der Waals surface area contributed by atoms with Gasteiger partial charge in [-0.25, -0.2) is 0 Å². The van der Waals surface area contributed by atoms with Crippen LogP contribution >= 0.6 is 0 Å². The first-order valence-electron chi connectivity index (χ1n) is 6.99. The number of likely N-dealkylation sites (N-methyl/N-ethyl adjacent to an activating group) is 1. The van der Waals surface area contributed by atoms with Crippen molar-refractivity contribution in [2.75, 3.05) is 38.5 Å². The van der Waals surface area contributed by atoms with Crippen molar-refractivity contribution in [2.24, 2.45) is 0 Å². The lowest BCUT2D eigenvalue weighted by molar-refractivity contribution is -0.127. The molecule has 0 aliphatic carbocycles. The summed E-state index contributed by atoms with van der Waals surface area (Å²) in [6, 6.07) is 1.43. The lowest BCUT2D eigenvalue weighted by Crippen LogP contribution is -2.57. The molecule has 2 rings (SSSR count). The Morgan fingerprint density at radius 2 is 2.38 bits per heavy atom. The van der Waals surface area contributed by atoms with Gasteiger partial charge in [0.05, 0.1) is 0 Å². The Kier molecular flexibility index (Phi) is 5.29. The van der Waals surface area contributed by atoms with Gasteiger partial charge in [-0.2, -0.15) is 0 Å². The number of nitrogens with zero attached hydrogens (tertiary/aromatic N) is 2. The summed E-state index contributed by atoms with van der Waals surface area (Å²) in [5.74, 6) is 0.889. The van der Waals surface area contributed by atoms with Gasteiger partial charge in [-0.3, -0.25) is 14.5 Å². The van der Waals surface area contributed by atoms with Gasteiger partial charge in [0.1, 0.15) is 11.8 Å². The van der Waals surface area contributed by atoms with Gasteiger partial charge in [-0.1, -0.05) is 5.16 Å². The third kappa shape index (κ3) is 4.27. The summed E-state index contributed by atoms with van der Waals surface area (Å²) >= 11 is 0. The van der Waals surface area contributed by atoms with Gasteiger partial charge in [0, 0.05) is 45.7 Å². The molecule has 0 aromatic carbocycles. The third-order valence-electron chi connectivity index (χ3n) is 3.42. The summed E-state index contributed by atoms with van der Waals surface area (Å²) in [5, 5.41) is 12.2. The monoisotopic (exact) mass is 295 g/mol. The predicted molar refractivity (Wildman–Crippen MR) is 76.8 cm³/mol. The van der Waals surface area contributed by atoms with E-state index in [0.29, 0.717) is 31.1 Å². The second-order valence-corrected chi connectivity index (χ2v) is 4.99. The molecule has 1 saturated heterocycles.